The van der Waals surface area contributed by atoms with Crippen molar-refractivity contribution in [3.8, 4) is 0 Å². The Balaban J connectivity index is 3.72. The summed E-state index contributed by atoms with van der Waals surface area (Å²) in [5.74, 6) is 0.524. The van der Waals surface area contributed by atoms with Crippen LogP contribution in [0.2, 0.25) is 0 Å². The number of carbonyl (C=O) groups is 1. The van der Waals surface area contributed by atoms with Crippen LogP contribution in [0, 0.1) is 0 Å². The zero-order valence-corrected chi connectivity index (χ0v) is 9.45. The molecule has 0 heterocycles. The van der Waals surface area contributed by atoms with E-state index in [-0.39, 0.29) is 5.52 Å². The molecule has 0 aliphatic heterocycles. The lowest BCUT2D eigenvalue weighted by atomic mass is 10.3. The van der Waals surface area contributed by atoms with Gasteiger partial charge in [0.2, 0.25) is 0 Å². The van der Waals surface area contributed by atoms with Gasteiger partial charge in [-0.15, -0.1) is 0 Å². The SMILES string of the molecule is CP(C)C(=O)C(N)CC[S+](C)[O-]. The van der Waals surface area contributed by atoms with Gasteiger partial charge in [0.25, 0.3) is 0 Å². The largest absolute Gasteiger partial charge is 0.617 e. The van der Waals surface area contributed by atoms with Crippen LogP contribution < -0.4 is 5.73 Å². The Morgan fingerprint density at radius 3 is 2.50 bits per heavy atom. The molecule has 0 bridgehead atoms. The van der Waals surface area contributed by atoms with Crippen LogP contribution in [0.1, 0.15) is 6.42 Å². The molecule has 2 atom stereocenters. The van der Waals surface area contributed by atoms with Gasteiger partial charge in [-0.25, -0.2) is 0 Å². The molecule has 2 unspecified atom stereocenters. The normalized spacial score (nSPS) is 16.2. The second-order valence-corrected chi connectivity index (χ2v) is 6.69. The van der Waals surface area contributed by atoms with Crippen molar-refractivity contribution in [2.75, 3.05) is 25.3 Å². The van der Waals surface area contributed by atoms with Crippen molar-refractivity contribution in [2.24, 2.45) is 5.73 Å². The molecule has 0 aliphatic carbocycles. The van der Waals surface area contributed by atoms with E-state index in [4.69, 9.17) is 5.73 Å². The molecule has 0 radical (unpaired) electrons. The van der Waals surface area contributed by atoms with Gasteiger partial charge in [-0.3, -0.25) is 4.79 Å². The summed E-state index contributed by atoms with van der Waals surface area (Å²) in [5.41, 5.74) is 5.72. The van der Waals surface area contributed by atoms with Gasteiger partial charge in [-0.2, -0.15) is 0 Å². The molecule has 0 amide bonds. The fraction of sp³-hybridized carbons (Fsp3) is 0.857. The third-order valence-corrected chi connectivity index (χ3v) is 3.50. The van der Waals surface area contributed by atoms with Gasteiger partial charge in [0.15, 0.2) is 5.52 Å². The van der Waals surface area contributed by atoms with Gasteiger partial charge in [0.05, 0.1) is 12.3 Å². The second-order valence-electron chi connectivity index (χ2n) is 2.91. The van der Waals surface area contributed by atoms with Crippen LogP contribution >= 0.6 is 7.92 Å². The number of hydrogen-bond acceptors (Lipinski definition) is 3. The quantitative estimate of drug-likeness (QED) is 0.525. The van der Waals surface area contributed by atoms with Crippen molar-refractivity contribution >= 4 is 24.6 Å². The second kappa shape index (κ2) is 5.92. The predicted octanol–water partition coefficient (Wildman–Crippen LogP) is 0.350. The first kappa shape index (κ1) is 12.4. The molecule has 3 nitrogen and oxygen atoms in total. The lowest BCUT2D eigenvalue weighted by Crippen LogP contribution is -2.31. The first-order chi connectivity index (χ1) is 5.45. The smallest absolute Gasteiger partial charge is 0.170 e. The molecule has 72 valence electrons. The van der Waals surface area contributed by atoms with E-state index < -0.39 is 25.1 Å². The average molecular weight is 209 g/mol. The summed E-state index contributed by atoms with van der Waals surface area (Å²) in [7, 11) is -0.595. The van der Waals surface area contributed by atoms with Crippen molar-refractivity contribution in [2.45, 2.75) is 12.5 Å². The Morgan fingerprint density at radius 2 is 2.17 bits per heavy atom. The lowest BCUT2D eigenvalue weighted by molar-refractivity contribution is -0.112. The highest BCUT2D eigenvalue weighted by atomic mass is 32.2. The third-order valence-electron chi connectivity index (χ3n) is 1.47. The van der Waals surface area contributed by atoms with Crippen molar-refractivity contribution in [1.82, 2.24) is 0 Å². The van der Waals surface area contributed by atoms with Gasteiger partial charge in [-0.05, 0) is 21.3 Å². The molecule has 0 spiro atoms. The molecule has 0 saturated heterocycles. The van der Waals surface area contributed by atoms with Gasteiger partial charge >= 0.3 is 0 Å². The molecular weight excluding hydrogens is 193 g/mol. The highest BCUT2D eigenvalue weighted by Gasteiger charge is 2.17. The van der Waals surface area contributed by atoms with Gasteiger partial charge in [0, 0.05) is 6.42 Å². The van der Waals surface area contributed by atoms with E-state index in [1.54, 1.807) is 6.26 Å². The van der Waals surface area contributed by atoms with E-state index in [1.807, 2.05) is 13.3 Å². The zero-order valence-electron chi connectivity index (χ0n) is 7.74. The summed E-state index contributed by atoms with van der Waals surface area (Å²) < 4.78 is 10.7. The third kappa shape index (κ3) is 5.09. The molecule has 0 aliphatic rings. The number of nitrogens with two attached hydrogens (primary N) is 1. The molecule has 0 saturated carbocycles. The van der Waals surface area contributed by atoms with Crippen LogP contribution in [-0.2, 0) is 16.0 Å². The maximum atomic E-state index is 11.3. The van der Waals surface area contributed by atoms with Crippen LogP contribution in [-0.4, -0.2) is 41.5 Å². The van der Waals surface area contributed by atoms with E-state index in [9.17, 15) is 9.35 Å². The summed E-state index contributed by atoms with van der Waals surface area (Å²) in [6, 6.07) is -0.407. The fourth-order valence-corrected chi connectivity index (χ4v) is 2.13. The molecule has 0 fully saturated rings. The van der Waals surface area contributed by atoms with Crippen LogP contribution in [0.25, 0.3) is 0 Å². The molecule has 0 aromatic heterocycles. The monoisotopic (exact) mass is 209 g/mol. The number of hydrogen-bond donors (Lipinski definition) is 1. The molecule has 0 aromatic rings. The van der Waals surface area contributed by atoms with Gasteiger partial charge in [0.1, 0.15) is 5.75 Å². The highest BCUT2D eigenvalue weighted by molar-refractivity contribution is 7.90. The Hall–Kier alpha value is 0.370. The summed E-state index contributed by atoms with van der Waals surface area (Å²) in [6.45, 7) is 3.78. The van der Waals surface area contributed by atoms with E-state index >= 15 is 0 Å². The first-order valence-electron chi connectivity index (χ1n) is 3.72. The van der Waals surface area contributed by atoms with E-state index in [1.165, 1.54) is 0 Å². The number of carbonyl (C=O) groups excluding carboxylic acids is 1. The predicted molar refractivity (Wildman–Crippen MR) is 55.3 cm³/mol. The minimum Gasteiger partial charge on any atom is -0.617 e. The Labute approximate surface area is 78.0 Å². The van der Waals surface area contributed by atoms with E-state index in [2.05, 4.69) is 0 Å². The lowest BCUT2D eigenvalue weighted by Gasteiger charge is -2.13. The maximum absolute atomic E-state index is 11.3. The summed E-state index contributed by atoms with van der Waals surface area (Å²) in [5, 5.41) is 0. The van der Waals surface area contributed by atoms with Crippen molar-refractivity contribution in [3.63, 3.8) is 0 Å². The molecule has 0 rings (SSSR count). The molecule has 5 heteroatoms. The highest BCUT2D eigenvalue weighted by Crippen LogP contribution is 2.27. The molecule has 12 heavy (non-hydrogen) atoms. The van der Waals surface area contributed by atoms with Gasteiger partial charge < -0.3 is 10.3 Å². The topological polar surface area (TPSA) is 66.2 Å². The molecule has 0 aromatic carbocycles. The standard InChI is InChI=1S/C7H16NO2PS/c1-11(2)7(9)6(8)4-5-12(3)10/h6H,4-5,8H2,1-3H3. The van der Waals surface area contributed by atoms with Crippen molar-refractivity contribution < 1.29 is 9.35 Å². The summed E-state index contributed by atoms with van der Waals surface area (Å²) in [6.07, 6.45) is 2.17. The Kier molecular flexibility index (Phi) is 6.10. The fourth-order valence-electron chi connectivity index (χ4n) is 0.748. The Bertz CT molecular complexity index is 152. The van der Waals surface area contributed by atoms with Crippen LogP contribution in [0.15, 0.2) is 0 Å². The minimum atomic E-state index is -0.841. The average Bonchev–Trinajstić information content (AvgIpc) is 1.98. The minimum absolute atomic E-state index is 0.121. The zero-order chi connectivity index (χ0) is 9.72. The van der Waals surface area contributed by atoms with Crippen LogP contribution in [0.4, 0.5) is 0 Å². The summed E-state index contributed by atoms with van der Waals surface area (Å²) in [4.78, 5) is 11.3. The van der Waals surface area contributed by atoms with Crippen LogP contribution in [0.3, 0.4) is 0 Å². The maximum Gasteiger partial charge on any atom is 0.170 e. The van der Waals surface area contributed by atoms with E-state index in [0.717, 1.165) is 0 Å². The van der Waals surface area contributed by atoms with Crippen molar-refractivity contribution in [3.05, 3.63) is 0 Å². The first-order valence-corrected chi connectivity index (χ1v) is 7.68. The molecule has 2 N–H and O–H groups in total. The Morgan fingerprint density at radius 1 is 1.67 bits per heavy atom. The van der Waals surface area contributed by atoms with Crippen molar-refractivity contribution in [1.29, 1.82) is 0 Å². The summed E-state index contributed by atoms with van der Waals surface area (Å²) >= 11 is -0.841. The number of rotatable bonds is 5. The van der Waals surface area contributed by atoms with Crippen LogP contribution in [0.5, 0.6) is 0 Å². The molecular formula is C7H16NO2PS. The van der Waals surface area contributed by atoms with Gasteiger partial charge in [-0.1, -0.05) is 11.2 Å². The van der Waals surface area contributed by atoms with E-state index in [0.29, 0.717) is 12.2 Å².